The van der Waals surface area contributed by atoms with Crippen LogP contribution in [0.5, 0.6) is 0 Å². The van der Waals surface area contributed by atoms with Crippen molar-refractivity contribution in [3.05, 3.63) is 69.7 Å². The smallest absolute Gasteiger partial charge is 0.227 e. The van der Waals surface area contributed by atoms with Gasteiger partial charge in [0, 0.05) is 61.2 Å². The summed E-state index contributed by atoms with van der Waals surface area (Å²) in [5.74, 6) is -1.21. The van der Waals surface area contributed by atoms with Crippen molar-refractivity contribution in [2.24, 2.45) is 11.8 Å². The number of hydrogen-bond acceptors (Lipinski definition) is 3. The highest BCUT2D eigenvalue weighted by Gasteiger charge is 2.44. The molecule has 41 heavy (non-hydrogen) atoms. The van der Waals surface area contributed by atoms with Gasteiger partial charge in [-0.3, -0.25) is 14.5 Å². The third-order valence-corrected chi connectivity index (χ3v) is 9.70. The first-order valence-electron chi connectivity index (χ1n) is 15.1. The van der Waals surface area contributed by atoms with Gasteiger partial charge in [-0.05, 0) is 93.7 Å². The second-order valence-electron chi connectivity index (χ2n) is 13.1. The van der Waals surface area contributed by atoms with Crippen molar-refractivity contribution in [3.8, 4) is 0 Å². The number of nitrogens with zero attached hydrogens (tertiary/aromatic N) is 2. The van der Waals surface area contributed by atoms with Crippen molar-refractivity contribution in [3.63, 3.8) is 0 Å². The number of carbonyl (C=O) groups is 2. The van der Waals surface area contributed by atoms with Crippen LogP contribution in [0.15, 0.2) is 36.4 Å². The molecule has 3 aliphatic rings. The van der Waals surface area contributed by atoms with Crippen LogP contribution in [-0.4, -0.2) is 59.9 Å². The number of likely N-dealkylation sites (tertiary alicyclic amines) is 2. The second-order valence-corrected chi connectivity index (χ2v) is 13.5. The summed E-state index contributed by atoms with van der Waals surface area (Å²) >= 11 is 6.35. The molecule has 1 aliphatic carbocycles. The van der Waals surface area contributed by atoms with E-state index in [0.29, 0.717) is 49.2 Å². The summed E-state index contributed by atoms with van der Waals surface area (Å²) in [7, 11) is 0. The number of rotatable bonds is 7. The normalized spacial score (nSPS) is 22.5. The first kappa shape index (κ1) is 30.0. The summed E-state index contributed by atoms with van der Waals surface area (Å²) in [4.78, 5) is 30.4. The fourth-order valence-corrected chi connectivity index (χ4v) is 6.88. The maximum Gasteiger partial charge on any atom is 0.227 e. The Bertz CT molecular complexity index is 1270. The molecule has 5 nitrogen and oxygen atoms in total. The largest absolute Gasteiger partial charge is 0.356 e. The van der Waals surface area contributed by atoms with Crippen LogP contribution >= 0.6 is 11.6 Å². The van der Waals surface area contributed by atoms with Gasteiger partial charge in [-0.1, -0.05) is 30.2 Å². The maximum atomic E-state index is 14.9. The molecule has 2 aromatic carbocycles. The quantitative estimate of drug-likeness (QED) is 0.415. The standard InChI is InChI=1S/C33H42ClF2N3O2/c1-33(2,3)39-19-28(27-10-8-25(35)18-30(27)36)29(20-39)32(41)38-15-12-21(13-16-38)26-9-7-24(34)17-23(26)11-14-37-31(40)22-5-4-6-22/h7-10,17-18,21-22,28-29H,4-6,11-16,19-20H2,1-3H3,(H,37,40). The summed E-state index contributed by atoms with van der Waals surface area (Å²) in [5.41, 5.74) is 2.64. The summed E-state index contributed by atoms with van der Waals surface area (Å²) in [6, 6.07) is 9.74. The highest BCUT2D eigenvalue weighted by atomic mass is 35.5. The average molecular weight is 586 g/mol. The minimum absolute atomic E-state index is 0.0546. The predicted octanol–water partition coefficient (Wildman–Crippen LogP) is 6.30. The molecule has 2 amide bonds. The predicted molar refractivity (Wildman–Crippen MR) is 158 cm³/mol. The molecule has 0 bridgehead atoms. The molecule has 2 heterocycles. The van der Waals surface area contributed by atoms with Crippen LogP contribution in [0.3, 0.4) is 0 Å². The molecule has 222 valence electrons. The molecule has 1 N–H and O–H groups in total. The summed E-state index contributed by atoms with van der Waals surface area (Å²) in [5, 5.41) is 3.77. The third kappa shape index (κ3) is 6.77. The van der Waals surface area contributed by atoms with Gasteiger partial charge in [0.2, 0.25) is 11.8 Å². The Kier molecular flexibility index (Phi) is 9.05. The molecule has 3 fully saturated rings. The van der Waals surface area contributed by atoms with E-state index >= 15 is 0 Å². The lowest BCUT2D eigenvalue weighted by Gasteiger charge is -2.36. The van der Waals surface area contributed by atoms with E-state index in [9.17, 15) is 18.4 Å². The van der Waals surface area contributed by atoms with Crippen molar-refractivity contribution in [1.29, 1.82) is 0 Å². The summed E-state index contributed by atoms with van der Waals surface area (Å²) in [6.45, 7) is 9.28. The van der Waals surface area contributed by atoms with Crippen LogP contribution in [0.4, 0.5) is 8.78 Å². The van der Waals surface area contributed by atoms with Crippen LogP contribution in [0, 0.1) is 23.5 Å². The van der Waals surface area contributed by atoms with Gasteiger partial charge in [0.15, 0.2) is 0 Å². The Morgan fingerprint density at radius 2 is 1.68 bits per heavy atom. The molecule has 0 radical (unpaired) electrons. The van der Waals surface area contributed by atoms with E-state index in [1.165, 1.54) is 17.7 Å². The van der Waals surface area contributed by atoms with Gasteiger partial charge in [0.05, 0.1) is 5.92 Å². The zero-order valence-electron chi connectivity index (χ0n) is 24.4. The van der Waals surface area contributed by atoms with Crippen molar-refractivity contribution in [2.45, 2.75) is 76.7 Å². The van der Waals surface area contributed by atoms with Crippen molar-refractivity contribution in [1.82, 2.24) is 15.1 Å². The number of nitrogens with one attached hydrogen (secondary N) is 1. The van der Waals surface area contributed by atoms with E-state index in [1.807, 2.05) is 17.0 Å². The van der Waals surface area contributed by atoms with Crippen molar-refractivity contribution >= 4 is 23.4 Å². The molecule has 2 aromatic rings. The van der Waals surface area contributed by atoms with Crippen LogP contribution in [-0.2, 0) is 16.0 Å². The molecule has 8 heteroatoms. The first-order chi connectivity index (χ1) is 19.5. The molecule has 2 atom stereocenters. The molecule has 5 rings (SSSR count). The van der Waals surface area contributed by atoms with Gasteiger partial charge < -0.3 is 10.2 Å². The Morgan fingerprint density at radius 3 is 2.32 bits per heavy atom. The lowest BCUT2D eigenvalue weighted by molar-refractivity contribution is -0.136. The lowest BCUT2D eigenvalue weighted by Crippen LogP contribution is -2.44. The molecule has 0 spiro atoms. The minimum atomic E-state index is -0.607. The van der Waals surface area contributed by atoms with E-state index in [2.05, 4.69) is 37.1 Å². The maximum absolute atomic E-state index is 14.9. The van der Waals surface area contributed by atoms with Gasteiger partial charge in [0.25, 0.3) is 0 Å². The number of hydrogen-bond donors (Lipinski definition) is 1. The molecular weight excluding hydrogens is 544 g/mol. The monoisotopic (exact) mass is 585 g/mol. The Hall–Kier alpha value is -2.51. The Balaban J connectivity index is 1.25. The Morgan fingerprint density at radius 1 is 0.976 bits per heavy atom. The SMILES string of the molecule is CC(C)(C)N1CC(C(=O)N2CCC(c3ccc(Cl)cc3CCNC(=O)C3CCC3)CC2)C(c2ccc(F)cc2F)C1. The molecule has 2 saturated heterocycles. The molecule has 2 unspecified atom stereocenters. The second kappa shape index (κ2) is 12.4. The third-order valence-electron chi connectivity index (χ3n) is 9.47. The number of piperidine rings is 1. The van der Waals surface area contributed by atoms with E-state index in [-0.39, 0.29) is 35.1 Å². The van der Waals surface area contributed by atoms with Crippen LogP contribution < -0.4 is 5.32 Å². The van der Waals surface area contributed by atoms with Crippen LogP contribution in [0.2, 0.25) is 5.02 Å². The van der Waals surface area contributed by atoms with E-state index < -0.39 is 11.6 Å². The Labute approximate surface area is 247 Å². The highest BCUT2D eigenvalue weighted by Crippen LogP contribution is 2.40. The summed E-state index contributed by atoms with van der Waals surface area (Å²) in [6.07, 6.45) is 5.50. The topological polar surface area (TPSA) is 52.7 Å². The molecule has 1 saturated carbocycles. The highest BCUT2D eigenvalue weighted by molar-refractivity contribution is 6.30. The van der Waals surface area contributed by atoms with Gasteiger partial charge >= 0.3 is 0 Å². The van der Waals surface area contributed by atoms with Crippen LogP contribution in [0.1, 0.15) is 81.4 Å². The molecular formula is C33H42ClF2N3O2. The zero-order valence-corrected chi connectivity index (χ0v) is 25.2. The molecule has 2 aliphatic heterocycles. The lowest BCUT2D eigenvalue weighted by atomic mass is 9.83. The van der Waals surface area contributed by atoms with Gasteiger partial charge in [0.1, 0.15) is 11.6 Å². The zero-order chi connectivity index (χ0) is 29.3. The van der Waals surface area contributed by atoms with Crippen molar-refractivity contribution < 1.29 is 18.4 Å². The first-order valence-corrected chi connectivity index (χ1v) is 15.4. The fraction of sp³-hybridized carbons (Fsp3) is 0.576. The van der Waals surface area contributed by atoms with Crippen LogP contribution in [0.25, 0.3) is 0 Å². The minimum Gasteiger partial charge on any atom is -0.356 e. The van der Waals surface area contributed by atoms with Crippen molar-refractivity contribution in [2.75, 3.05) is 32.7 Å². The van der Waals surface area contributed by atoms with E-state index in [1.54, 1.807) is 0 Å². The molecule has 0 aromatic heterocycles. The number of benzene rings is 2. The van der Waals surface area contributed by atoms with Gasteiger partial charge in [-0.25, -0.2) is 8.78 Å². The van der Waals surface area contributed by atoms with E-state index in [4.69, 9.17) is 11.6 Å². The van der Waals surface area contributed by atoms with Gasteiger partial charge in [-0.2, -0.15) is 0 Å². The number of carbonyl (C=O) groups excluding carboxylic acids is 2. The number of halogens is 3. The van der Waals surface area contributed by atoms with E-state index in [0.717, 1.165) is 50.2 Å². The fourth-order valence-electron chi connectivity index (χ4n) is 6.69. The average Bonchev–Trinajstić information content (AvgIpc) is 3.33. The number of amides is 2. The van der Waals surface area contributed by atoms with Gasteiger partial charge in [-0.15, -0.1) is 0 Å². The summed E-state index contributed by atoms with van der Waals surface area (Å²) < 4.78 is 28.6.